The zero-order valence-electron chi connectivity index (χ0n) is 7.42. The van der Waals surface area contributed by atoms with Crippen molar-refractivity contribution in [1.82, 2.24) is 5.32 Å². The maximum atomic E-state index is 5.57. The Kier molecular flexibility index (Phi) is 3.31. The second-order valence-corrected chi connectivity index (χ2v) is 4.92. The van der Waals surface area contributed by atoms with E-state index in [-0.39, 0.29) is 0 Å². The van der Waals surface area contributed by atoms with Crippen LogP contribution < -0.4 is 5.32 Å². The van der Waals surface area contributed by atoms with Crippen LogP contribution in [0, 0.1) is 0 Å². The van der Waals surface area contributed by atoms with E-state index in [9.17, 15) is 0 Å². The smallest absolute Gasteiger partial charge is 0.0666 e. The topological polar surface area (TPSA) is 21.3 Å². The summed E-state index contributed by atoms with van der Waals surface area (Å²) < 4.78 is 5.57. The fourth-order valence-corrected chi connectivity index (χ4v) is 3.06. The summed E-state index contributed by atoms with van der Waals surface area (Å²) in [7, 11) is 0. The second kappa shape index (κ2) is 4.49. The molecule has 0 radical (unpaired) electrons. The normalized spacial score (nSPS) is 36.0. The Morgan fingerprint density at radius 1 is 1.42 bits per heavy atom. The molecule has 2 heterocycles. The Balaban J connectivity index is 1.60. The lowest BCUT2D eigenvalue weighted by atomic mass is 10.3. The zero-order chi connectivity index (χ0) is 8.23. The van der Waals surface area contributed by atoms with Crippen LogP contribution in [0.1, 0.15) is 19.3 Å². The lowest BCUT2D eigenvalue weighted by molar-refractivity contribution is 0.129. The largest absolute Gasteiger partial charge is 0.377 e. The predicted molar refractivity (Wildman–Crippen MR) is 52.7 cm³/mol. The molecule has 0 amide bonds. The van der Waals surface area contributed by atoms with E-state index in [1.165, 1.54) is 38.1 Å². The van der Waals surface area contributed by atoms with Gasteiger partial charge >= 0.3 is 0 Å². The summed E-state index contributed by atoms with van der Waals surface area (Å²) in [6, 6.07) is 0. The average Bonchev–Trinajstić information content (AvgIpc) is 2.74. The van der Waals surface area contributed by atoms with Crippen LogP contribution in [0.3, 0.4) is 0 Å². The summed E-state index contributed by atoms with van der Waals surface area (Å²) in [5.74, 6) is 1.21. The first-order valence-electron chi connectivity index (χ1n) is 4.89. The van der Waals surface area contributed by atoms with E-state index in [4.69, 9.17) is 4.74 Å². The molecule has 1 N–H and O–H groups in total. The first-order valence-corrected chi connectivity index (χ1v) is 5.94. The fraction of sp³-hybridized carbons (Fsp3) is 1.00. The summed E-state index contributed by atoms with van der Waals surface area (Å²) in [5, 5.41) is 4.24. The van der Waals surface area contributed by atoms with Crippen molar-refractivity contribution in [3.05, 3.63) is 0 Å². The molecular formula is C9H17NOS. The third-order valence-corrected chi connectivity index (χ3v) is 3.99. The van der Waals surface area contributed by atoms with Crippen molar-refractivity contribution in [2.45, 2.75) is 30.6 Å². The van der Waals surface area contributed by atoms with Crippen LogP contribution in [0.25, 0.3) is 0 Å². The maximum Gasteiger partial charge on any atom is 0.0666 e. The Morgan fingerprint density at radius 3 is 3.08 bits per heavy atom. The molecule has 0 aliphatic carbocycles. The van der Waals surface area contributed by atoms with Crippen molar-refractivity contribution in [1.29, 1.82) is 0 Å². The molecule has 3 heteroatoms. The van der Waals surface area contributed by atoms with Gasteiger partial charge in [-0.05, 0) is 25.8 Å². The molecule has 0 aromatic carbocycles. The Hall–Kier alpha value is 0.270. The molecular weight excluding hydrogens is 170 g/mol. The van der Waals surface area contributed by atoms with Crippen molar-refractivity contribution < 1.29 is 4.74 Å². The fourth-order valence-electron chi connectivity index (χ4n) is 1.79. The predicted octanol–water partition coefficient (Wildman–Crippen LogP) is 1.26. The number of ether oxygens (including phenoxy) is 1. The van der Waals surface area contributed by atoms with Gasteiger partial charge in [-0.25, -0.2) is 0 Å². The number of hydrogen-bond donors (Lipinski definition) is 1. The minimum absolute atomic E-state index is 0.565. The zero-order valence-corrected chi connectivity index (χ0v) is 8.24. The first-order chi connectivity index (χ1) is 5.95. The highest BCUT2D eigenvalue weighted by Crippen LogP contribution is 2.23. The minimum atomic E-state index is 0.565. The highest BCUT2D eigenvalue weighted by Gasteiger charge is 2.20. The molecule has 2 rings (SSSR count). The van der Waals surface area contributed by atoms with Gasteiger partial charge < -0.3 is 10.1 Å². The highest BCUT2D eigenvalue weighted by atomic mass is 32.2. The molecule has 2 saturated heterocycles. The lowest BCUT2D eigenvalue weighted by Gasteiger charge is -2.12. The first kappa shape index (κ1) is 8.85. The van der Waals surface area contributed by atoms with E-state index in [0.717, 1.165) is 11.9 Å². The van der Waals surface area contributed by atoms with E-state index in [1.54, 1.807) is 0 Å². The van der Waals surface area contributed by atoms with Crippen molar-refractivity contribution in [3.8, 4) is 0 Å². The Morgan fingerprint density at radius 2 is 2.42 bits per heavy atom. The van der Waals surface area contributed by atoms with Crippen molar-refractivity contribution in [2.24, 2.45) is 0 Å². The number of hydrogen-bond acceptors (Lipinski definition) is 3. The van der Waals surface area contributed by atoms with E-state index in [1.807, 2.05) is 0 Å². The molecule has 2 atom stereocenters. The molecule has 2 aliphatic heterocycles. The van der Waals surface area contributed by atoms with Crippen LogP contribution in [0.15, 0.2) is 0 Å². The Labute approximate surface area is 78.4 Å². The molecule has 2 nitrogen and oxygen atoms in total. The standard InChI is InChI=1S/C9H17NOS/c1-2-8(11-5-1)7-12-9-3-4-10-6-9/h8-10H,1-7H2. The van der Waals surface area contributed by atoms with Gasteiger partial charge in [0.25, 0.3) is 0 Å². The van der Waals surface area contributed by atoms with Crippen LogP contribution in [0.2, 0.25) is 0 Å². The molecule has 2 aliphatic rings. The third-order valence-electron chi connectivity index (χ3n) is 2.56. The number of rotatable bonds is 3. The maximum absolute atomic E-state index is 5.57. The molecule has 0 bridgehead atoms. The van der Waals surface area contributed by atoms with E-state index < -0.39 is 0 Å². The van der Waals surface area contributed by atoms with Gasteiger partial charge in [0, 0.05) is 24.2 Å². The minimum Gasteiger partial charge on any atom is -0.377 e. The molecule has 0 spiro atoms. The van der Waals surface area contributed by atoms with Gasteiger partial charge in [0.2, 0.25) is 0 Å². The summed E-state index contributed by atoms with van der Waals surface area (Å²) in [4.78, 5) is 0. The Bertz CT molecular complexity index is 114. The van der Waals surface area contributed by atoms with Crippen molar-refractivity contribution in [2.75, 3.05) is 25.4 Å². The van der Waals surface area contributed by atoms with Crippen LogP contribution in [0.5, 0.6) is 0 Å². The van der Waals surface area contributed by atoms with Crippen LogP contribution in [-0.2, 0) is 4.74 Å². The summed E-state index contributed by atoms with van der Waals surface area (Å²) >= 11 is 2.09. The van der Waals surface area contributed by atoms with E-state index in [0.29, 0.717) is 6.10 Å². The number of nitrogens with one attached hydrogen (secondary N) is 1. The molecule has 0 aromatic heterocycles. The molecule has 70 valence electrons. The van der Waals surface area contributed by atoms with Crippen LogP contribution in [0.4, 0.5) is 0 Å². The molecule has 0 saturated carbocycles. The van der Waals surface area contributed by atoms with Gasteiger partial charge in [-0.3, -0.25) is 0 Å². The van der Waals surface area contributed by atoms with Crippen molar-refractivity contribution in [3.63, 3.8) is 0 Å². The van der Waals surface area contributed by atoms with Gasteiger partial charge in [0.15, 0.2) is 0 Å². The van der Waals surface area contributed by atoms with Gasteiger partial charge in [0.05, 0.1) is 6.10 Å². The molecule has 2 unspecified atom stereocenters. The second-order valence-electron chi connectivity index (χ2n) is 3.58. The average molecular weight is 187 g/mol. The highest BCUT2D eigenvalue weighted by molar-refractivity contribution is 8.00. The van der Waals surface area contributed by atoms with Crippen molar-refractivity contribution >= 4 is 11.8 Å². The third kappa shape index (κ3) is 2.38. The summed E-state index contributed by atoms with van der Waals surface area (Å²) in [5.41, 5.74) is 0. The van der Waals surface area contributed by atoms with Gasteiger partial charge in [-0.1, -0.05) is 0 Å². The molecule has 0 aromatic rings. The van der Waals surface area contributed by atoms with Gasteiger partial charge in [0.1, 0.15) is 0 Å². The number of thioether (sulfide) groups is 1. The summed E-state index contributed by atoms with van der Waals surface area (Å²) in [6.07, 6.45) is 4.47. The van der Waals surface area contributed by atoms with Crippen LogP contribution >= 0.6 is 11.8 Å². The van der Waals surface area contributed by atoms with E-state index in [2.05, 4.69) is 17.1 Å². The van der Waals surface area contributed by atoms with E-state index >= 15 is 0 Å². The SMILES string of the molecule is C1COC(CSC2CCNC2)C1. The van der Waals surface area contributed by atoms with Crippen LogP contribution in [-0.4, -0.2) is 36.8 Å². The monoisotopic (exact) mass is 187 g/mol. The van der Waals surface area contributed by atoms with Gasteiger partial charge in [-0.2, -0.15) is 11.8 Å². The lowest BCUT2D eigenvalue weighted by Crippen LogP contribution is -2.15. The quantitative estimate of drug-likeness (QED) is 0.719. The molecule has 12 heavy (non-hydrogen) atoms. The van der Waals surface area contributed by atoms with Gasteiger partial charge in [-0.15, -0.1) is 0 Å². The molecule has 2 fully saturated rings. The summed E-state index contributed by atoms with van der Waals surface area (Å²) in [6.45, 7) is 3.41.